The third kappa shape index (κ3) is 8.75. The topological polar surface area (TPSA) is 77.5 Å². The number of rotatable bonds is 6. The fraction of sp³-hybridized carbons (Fsp3) is 0.600. The first kappa shape index (κ1) is 16.0. The molecule has 0 unspecified atom stereocenters. The Labute approximate surface area is 102 Å². The lowest BCUT2D eigenvalue weighted by molar-refractivity contribution is 0.165. The quantitative estimate of drug-likeness (QED) is 0.382. The van der Waals surface area contributed by atoms with Crippen LogP contribution in [0.5, 0.6) is 0 Å². The predicted octanol–water partition coefficient (Wildman–Crippen LogP) is -0.206. The highest BCUT2D eigenvalue weighted by molar-refractivity contribution is 7.96. The van der Waals surface area contributed by atoms with Crippen LogP contribution in [-0.2, 0) is 24.4 Å². The van der Waals surface area contributed by atoms with E-state index in [0.717, 1.165) is 0 Å². The normalized spacial score (nSPS) is 10.9. The minimum absolute atomic E-state index is 0.0773. The molecule has 0 aliphatic carbocycles. The standard InChI is InChI=1S/C10H14O5S2/c1-3-7-16(11,12)9-5-15-6-10-17(13,14)8-4-2/h5-6,9-10H2,1-2H3. The van der Waals surface area contributed by atoms with Gasteiger partial charge in [0.2, 0.25) is 19.7 Å². The van der Waals surface area contributed by atoms with E-state index in [4.69, 9.17) is 4.74 Å². The molecule has 0 heterocycles. The van der Waals surface area contributed by atoms with Crippen molar-refractivity contribution in [2.45, 2.75) is 13.8 Å². The van der Waals surface area contributed by atoms with Crippen molar-refractivity contribution >= 4 is 19.7 Å². The SMILES string of the molecule is CC#CS(=O)(=O)CCOCCS(=O)(=O)C#CC. The van der Waals surface area contributed by atoms with Gasteiger partial charge in [0.15, 0.2) is 0 Å². The van der Waals surface area contributed by atoms with E-state index < -0.39 is 19.7 Å². The second kappa shape index (κ2) is 7.33. The van der Waals surface area contributed by atoms with Gasteiger partial charge in [-0.05, 0) is 13.8 Å². The van der Waals surface area contributed by atoms with Crippen LogP contribution in [0.3, 0.4) is 0 Å². The van der Waals surface area contributed by atoms with Crippen LogP contribution in [0, 0.1) is 22.3 Å². The Balaban J connectivity index is 3.95. The van der Waals surface area contributed by atoms with Gasteiger partial charge >= 0.3 is 0 Å². The van der Waals surface area contributed by atoms with Gasteiger partial charge in [-0.25, -0.2) is 16.8 Å². The van der Waals surface area contributed by atoms with Crippen LogP contribution in [0.2, 0.25) is 0 Å². The van der Waals surface area contributed by atoms with Gasteiger partial charge in [0.1, 0.15) is 0 Å². The third-order valence-electron chi connectivity index (χ3n) is 1.51. The van der Waals surface area contributed by atoms with Gasteiger partial charge in [-0.2, -0.15) is 0 Å². The van der Waals surface area contributed by atoms with Crippen molar-refractivity contribution in [1.82, 2.24) is 0 Å². The van der Waals surface area contributed by atoms with Crippen molar-refractivity contribution in [1.29, 1.82) is 0 Å². The molecule has 0 saturated heterocycles. The van der Waals surface area contributed by atoms with Crippen molar-refractivity contribution in [3.63, 3.8) is 0 Å². The summed E-state index contributed by atoms with van der Waals surface area (Å²) in [5.41, 5.74) is 0. The molecule has 0 bridgehead atoms. The van der Waals surface area contributed by atoms with Crippen LogP contribution in [0.4, 0.5) is 0 Å². The first-order chi connectivity index (χ1) is 7.83. The van der Waals surface area contributed by atoms with Crippen LogP contribution in [0.25, 0.3) is 0 Å². The zero-order valence-electron chi connectivity index (χ0n) is 9.69. The molecule has 0 rings (SSSR count). The third-order valence-corrected chi connectivity index (χ3v) is 3.95. The summed E-state index contributed by atoms with van der Waals surface area (Å²) in [7, 11) is -6.84. The van der Waals surface area contributed by atoms with Gasteiger partial charge < -0.3 is 4.74 Å². The lowest BCUT2D eigenvalue weighted by atomic mass is 10.8. The molecule has 0 N–H and O–H groups in total. The molecule has 0 aromatic rings. The predicted molar refractivity (Wildman–Crippen MR) is 65.3 cm³/mol. The Kier molecular flexibility index (Phi) is 6.89. The van der Waals surface area contributed by atoms with Crippen molar-refractivity contribution in [2.24, 2.45) is 0 Å². The van der Waals surface area contributed by atoms with Crippen LogP contribution < -0.4 is 0 Å². The molecule has 0 radical (unpaired) electrons. The molecule has 0 spiro atoms. The molecule has 96 valence electrons. The molecule has 7 heteroatoms. The molecule has 0 saturated carbocycles. The summed E-state index contributed by atoms with van der Waals surface area (Å²) in [6.07, 6.45) is 0. The Bertz CT molecular complexity index is 497. The van der Waals surface area contributed by atoms with Crippen LogP contribution in [0.1, 0.15) is 13.8 Å². The zero-order chi connectivity index (χ0) is 13.4. The van der Waals surface area contributed by atoms with Gasteiger partial charge in [-0.15, -0.1) is 0 Å². The van der Waals surface area contributed by atoms with Gasteiger partial charge in [0, 0.05) is 10.5 Å². The Morgan fingerprint density at radius 1 is 0.824 bits per heavy atom. The van der Waals surface area contributed by atoms with Crippen LogP contribution in [-0.4, -0.2) is 41.6 Å². The van der Waals surface area contributed by atoms with Crippen molar-refractivity contribution in [3.05, 3.63) is 0 Å². The highest BCUT2D eigenvalue weighted by Crippen LogP contribution is 1.91. The molecule has 0 aromatic carbocycles. The number of sulfone groups is 2. The number of hydrogen-bond acceptors (Lipinski definition) is 5. The second-order valence-electron chi connectivity index (χ2n) is 2.95. The van der Waals surface area contributed by atoms with Gasteiger partial charge in [0.25, 0.3) is 0 Å². The van der Waals surface area contributed by atoms with Gasteiger partial charge in [-0.1, -0.05) is 11.8 Å². The molecule has 0 aromatic heterocycles. The second-order valence-corrected chi connectivity index (χ2v) is 6.64. The maximum Gasteiger partial charge on any atom is 0.219 e. The largest absolute Gasteiger partial charge is 0.379 e. The van der Waals surface area contributed by atoms with E-state index in [0.29, 0.717) is 0 Å². The first-order valence-electron chi connectivity index (χ1n) is 4.73. The van der Waals surface area contributed by atoms with E-state index >= 15 is 0 Å². The number of ether oxygens (including phenoxy) is 1. The molecular formula is C10H14O5S2. The zero-order valence-corrected chi connectivity index (χ0v) is 11.3. The summed E-state index contributed by atoms with van der Waals surface area (Å²) < 4.78 is 49.3. The monoisotopic (exact) mass is 278 g/mol. The molecule has 0 fully saturated rings. The number of hydrogen-bond donors (Lipinski definition) is 0. The maximum absolute atomic E-state index is 11.1. The molecular weight excluding hydrogens is 264 g/mol. The Morgan fingerprint density at radius 2 is 1.18 bits per heavy atom. The fourth-order valence-electron chi connectivity index (χ4n) is 0.852. The van der Waals surface area contributed by atoms with Crippen molar-refractivity contribution < 1.29 is 21.6 Å². The van der Waals surface area contributed by atoms with E-state index in [-0.39, 0.29) is 24.7 Å². The molecule has 17 heavy (non-hydrogen) atoms. The van der Waals surface area contributed by atoms with E-state index in [1.165, 1.54) is 13.8 Å². The minimum atomic E-state index is -3.42. The van der Waals surface area contributed by atoms with Crippen LogP contribution in [0.15, 0.2) is 0 Å². The summed E-state index contributed by atoms with van der Waals surface area (Å²) >= 11 is 0. The lowest BCUT2D eigenvalue weighted by Crippen LogP contribution is -2.15. The maximum atomic E-state index is 11.1. The summed E-state index contributed by atoms with van der Waals surface area (Å²) in [5, 5.41) is 4.10. The smallest absolute Gasteiger partial charge is 0.219 e. The van der Waals surface area contributed by atoms with Crippen molar-refractivity contribution in [3.8, 4) is 22.3 Å². The van der Waals surface area contributed by atoms with Gasteiger partial charge in [0.05, 0.1) is 24.7 Å². The minimum Gasteiger partial charge on any atom is -0.379 e. The first-order valence-corrected chi connectivity index (χ1v) is 8.03. The summed E-state index contributed by atoms with van der Waals surface area (Å²) in [6.45, 7) is 2.70. The van der Waals surface area contributed by atoms with Gasteiger partial charge in [-0.3, -0.25) is 0 Å². The molecule has 0 atom stereocenters. The Hall–Kier alpha value is -1.02. The summed E-state index contributed by atoms with van der Waals surface area (Å²) in [5.74, 6) is 4.08. The van der Waals surface area contributed by atoms with E-state index in [9.17, 15) is 16.8 Å². The molecule has 0 amide bonds. The van der Waals surface area contributed by atoms with Crippen molar-refractivity contribution in [2.75, 3.05) is 24.7 Å². The molecule has 0 aliphatic heterocycles. The average molecular weight is 278 g/mol. The molecule has 5 nitrogen and oxygen atoms in total. The molecule has 0 aliphatic rings. The van der Waals surface area contributed by atoms with E-state index in [1.807, 2.05) is 0 Å². The van der Waals surface area contributed by atoms with E-state index in [2.05, 4.69) is 22.3 Å². The Morgan fingerprint density at radius 3 is 1.47 bits per heavy atom. The van der Waals surface area contributed by atoms with E-state index in [1.54, 1.807) is 0 Å². The lowest BCUT2D eigenvalue weighted by Gasteiger charge is -2.01. The van der Waals surface area contributed by atoms with Crippen LogP contribution >= 0.6 is 0 Å². The highest BCUT2D eigenvalue weighted by Gasteiger charge is 2.08. The summed E-state index contributed by atoms with van der Waals surface area (Å²) in [6, 6.07) is 0. The highest BCUT2D eigenvalue weighted by atomic mass is 32.2. The summed E-state index contributed by atoms with van der Waals surface area (Å²) in [4.78, 5) is 0. The average Bonchev–Trinajstić information content (AvgIpc) is 2.16. The fourth-order valence-corrected chi connectivity index (χ4v) is 2.35.